The highest BCUT2D eigenvalue weighted by Crippen LogP contribution is 2.30. The molecule has 1 aliphatic rings. The second-order valence-electron chi connectivity index (χ2n) is 3.78. The Morgan fingerprint density at radius 2 is 2.21 bits per heavy atom. The highest BCUT2D eigenvalue weighted by atomic mass is 32.2. The predicted octanol–water partition coefficient (Wildman–Crippen LogP) is 1.87. The zero-order valence-electron chi connectivity index (χ0n) is 10.4. The number of ether oxygens (including phenoxy) is 1. The molecule has 2 rings (SSSR count). The Labute approximate surface area is 113 Å². The summed E-state index contributed by atoms with van der Waals surface area (Å²) in [7, 11) is 1.17. The molecule has 1 aliphatic carbocycles. The van der Waals surface area contributed by atoms with E-state index < -0.39 is 17.5 Å². The maximum absolute atomic E-state index is 12.2. The number of nitrogens with zero attached hydrogens (tertiary/aromatic N) is 1. The second kappa shape index (κ2) is 5.40. The normalized spacial score (nSPS) is 14.1. The van der Waals surface area contributed by atoms with Crippen LogP contribution in [-0.4, -0.2) is 35.6 Å². The molecule has 0 saturated heterocycles. The number of hydrogen-bond donors (Lipinski definition) is 0. The van der Waals surface area contributed by atoms with Gasteiger partial charge in [0.25, 0.3) is 0 Å². The van der Waals surface area contributed by atoms with E-state index in [2.05, 4.69) is 9.89 Å². The molecule has 0 aromatic carbocycles. The van der Waals surface area contributed by atoms with Gasteiger partial charge in [0.2, 0.25) is 23.0 Å². The van der Waals surface area contributed by atoms with Crippen LogP contribution in [0.1, 0.15) is 44.7 Å². The van der Waals surface area contributed by atoms with Gasteiger partial charge in [-0.15, -0.1) is 11.8 Å². The standard InChI is InChI=1S/C12H11NO5S/c1-3-4-19-7-5-6(14)11-8(10(7)15)9(13-18-11)12(16)17-2/h5H,3-4H2,1-2H3. The van der Waals surface area contributed by atoms with Gasteiger partial charge in [0.15, 0.2) is 0 Å². The Kier molecular flexibility index (Phi) is 3.84. The minimum Gasteiger partial charge on any atom is -0.464 e. The van der Waals surface area contributed by atoms with Crippen molar-refractivity contribution in [3.05, 3.63) is 28.0 Å². The molecule has 1 aromatic heterocycles. The average molecular weight is 281 g/mol. The van der Waals surface area contributed by atoms with Crippen molar-refractivity contribution < 1.29 is 23.6 Å². The predicted molar refractivity (Wildman–Crippen MR) is 67.3 cm³/mol. The van der Waals surface area contributed by atoms with Gasteiger partial charge >= 0.3 is 5.97 Å². The summed E-state index contributed by atoms with van der Waals surface area (Å²) >= 11 is 1.27. The Balaban J connectivity index is 2.43. The van der Waals surface area contributed by atoms with E-state index in [1.165, 1.54) is 24.9 Å². The zero-order chi connectivity index (χ0) is 14.0. The minimum atomic E-state index is -0.798. The van der Waals surface area contributed by atoms with Gasteiger partial charge in [-0.1, -0.05) is 12.1 Å². The number of carbonyl (C=O) groups excluding carboxylic acids is 3. The first-order valence-electron chi connectivity index (χ1n) is 5.61. The van der Waals surface area contributed by atoms with E-state index in [-0.39, 0.29) is 17.0 Å². The van der Waals surface area contributed by atoms with Crippen molar-refractivity contribution in [1.29, 1.82) is 0 Å². The molecule has 0 atom stereocenters. The molecule has 1 heterocycles. The SMILES string of the molecule is CCCSC1=CC(=O)c2onc(C(=O)OC)c2C1=O. The Bertz CT molecular complexity index is 587. The van der Waals surface area contributed by atoms with Crippen LogP contribution in [0.5, 0.6) is 0 Å². The maximum atomic E-state index is 12.2. The summed E-state index contributed by atoms with van der Waals surface area (Å²) in [5.41, 5.74) is -0.350. The van der Waals surface area contributed by atoms with Crippen LogP contribution in [0.3, 0.4) is 0 Å². The molecule has 100 valence electrons. The lowest BCUT2D eigenvalue weighted by Crippen LogP contribution is -2.17. The first kappa shape index (κ1) is 13.5. The average Bonchev–Trinajstić information content (AvgIpc) is 2.85. The molecule has 0 N–H and O–H groups in total. The fraction of sp³-hybridized carbons (Fsp3) is 0.333. The summed E-state index contributed by atoms with van der Waals surface area (Å²) in [5, 5.41) is 3.45. The van der Waals surface area contributed by atoms with Gasteiger partial charge in [-0.25, -0.2) is 4.79 Å². The largest absolute Gasteiger partial charge is 0.464 e. The van der Waals surface area contributed by atoms with Crippen LogP contribution >= 0.6 is 11.8 Å². The van der Waals surface area contributed by atoms with Crippen molar-refractivity contribution in [2.24, 2.45) is 0 Å². The molecule has 0 bridgehead atoms. The summed E-state index contributed by atoms with van der Waals surface area (Å²) < 4.78 is 9.28. The van der Waals surface area contributed by atoms with Gasteiger partial charge in [0, 0.05) is 6.08 Å². The molecule has 7 heteroatoms. The molecule has 0 aliphatic heterocycles. The van der Waals surface area contributed by atoms with Gasteiger partial charge in [0.05, 0.1) is 12.0 Å². The molecule has 0 spiro atoms. The number of ketones is 2. The fourth-order valence-electron chi connectivity index (χ4n) is 1.60. The first-order chi connectivity index (χ1) is 9.10. The highest BCUT2D eigenvalue weighted by Gasteiger charge is 2.36. The third kappa shape index (κ3) is 2.33. The lowest BCUT2D eigenvalue weighted by molar-refractivity contribution is 0.0586. The molecule has 0 saturated carbocycles. The molecule has 1 aromatic rings. The van der Waals surface area contributed by atoms with E-state index in [9.17, 15) is 14.4 Å². The van der Waals surface area contributed by atoms with Gasteiger partial charge < -0.3 is 9.26 Å². The number of methoxy groups -OCH3 is 1. The smallest absolute Gasteiger partial charge is 0.361 e. The minimum absolute atomic E-state index is 0.0991. The summed E-state index contributed by atoms with van der Waals surface area (Å²) in [6.07, 6.45) is 2.08. The lowest BCUT2D eigenvalue weighted by atomic mass is 10.00. The van der Waals surface area contributed by atoms with Gasteiger partial charge in [-0.3, -0.25) is 9.59 Å². The summed E-state index contributed by atoms with van der Waals surface area (Å²) in [4.78, 5) is 35.8. The van der Waals surface area contributed by atoms with Gasteiger partial charge in [-0.2, -0.15) is 0 Å². The molecule has 19 heavy (non-hydrogen) atoms. The second-order valence-corrected chi connectivity index (χ2v) is 4.91. The van der Waals surface area contributed by atoms with E-state index in [1.54, 1.807) is 0 Å². The summed E-state index contributed by atoms with van der Waals surface area (Å²) in [5.74, 6) is -1.18. The lowest BCUT2D eigenvalue weighted by Gasteiger charge is -2.09. The van der Waals surface area contributed by atoms with E-state index in [4.69, 9.17) is 4.52 Å². The molecule has 6 nitrogen and oxygen atoms in total. The Hall–Kier alpha value is -1.89. The number of allylic oxidation sites excluding steroid dienone is 2. The van der Waals surface area contributed by atoms with Gasteiger partial charge in [-0.05, 0) is 12.2 Å². The fourth-order valence-corrected chi connectivity index (χ4v) is 2.45. The molecular formula is C12H11NO5S. The van der Waals surface area contributed by atoms with Crippen LogP contribution in [0.25, 0.3) is 0 Å². The van der Waals surface area contributed by atoms with Crippen LogP contribution in [-0.2, 0) is 4.74 Å². The van der Waals surface area contributed by atoms with Crippen molar-refractivity contribution in [2.75, 3.05) is 12.9 Å². The monoisotopic (exact) mass is 281 g/mol. The van der Waals surface area contributed by atoms with E-state index in [1.807, 2.05) is 6.92 Å². The Morgan fingerprint density at radius 3 is 2.84 bits per heavy atom. The number of hydrogen-bond acceptors (Lipinski definition) is 7. The topological polar surface area (TPSA) is 86.5 Å². The van der Waals surface area contributed by atoms with Crippen molar-refractivity contribution in [3.63, 3.8) is 0 Å². The van der Waals surface area contributed by atoms with Crippen LogP contribution in [0.15, 0.2) is 15.5 Å². The van der Waals surface area contributed by atoms with Crippen LogP contribution < -0.4 is 0 Å². The molecule has 0 radical (unpaired) electrons. The Morgan fingerprint density at radius 1 is 1.47 bits per heavy atom. The molecule has 0 unspecified atom stereocenters. The van der Waals surface area contributed by atoms with E-state index >= 15 is 0 Å². The van der Waals surface area contributed by atoms with Crippen molar-refractivity contribution in [2.45, 2.75) is 13.3 Å². The van der Waals surface area contributed by atoms with Crippen molar-refractivity contribution in [1.82, 2.24) is 5.16 Å². The van der Waals surface area contributed by atoms with E-state index in [0.717, 1.165) is 6.42 Å². The van der Waals surface area contributed by atoms with Crippen molar-refractivity contribution in [3.8, 4) is 0 Å². The highest BCUT2D eigenvalue weighted by molar-refractivity contribution is 8.04. The molecular weight excluding hydrogens is 270 g/mol. The quantitative estimate of drug-likeness (QED) is 0.778. The van der Waals surface area contributed by atoms with E-state index in [0.29, 0.717) is 10.7 Å². The summed E-state index contributed by atoms with van der Waals surface area (Å²) in [6, 6.07) is 0. The van der Waals surface area contributed by atoms with Crippen molar-refractivity contribution >= 4 is 29.3 Å². The van der Waals surface area contributed by atoms with Crippen LogP contribution in [0.4, 0.5) is 0 Å². The van der Waals surface area contributed by atoms with Crippen LogP contribution in [0, 0.1) is 0 Å². The number of Topliss-reactive ketones (excluding diaryl/α,β-unsaturated/α-hetero) is 1. The summed E-state index contributed by atoms with van der Waals surface area (Å²) in [6.45, 7) is 1.97. The number of esters is 1. The zero-order valence-corrected chi connectivity index (χ0v) is 11.2. The molecule has 0 fully saturated rings. The maximum Gasteiger partial charge on any atom is 0.361 e. The number of aromatic nitrogens is 1. The van der Waals surface area contributed by atoms with Crippen LogP contribution in [0.2, 0.25) is 0 Å². The number of rotatable bonds is 4. The number of carbonyl (C=O) groups is 3. The third-order valence-electron chi connectivity index (χ3n) is 2.47. The third-order valence-corrected chi connectivity index (χ3v) is 3.70. The number of fused-ring (bicyclic) bond motifs is 1. The number of thioether (sulfide) groups is 1. The molecule has 0 amide bonds. The first-order valence-corrected chi connectivity index (χ1v) is 6.60. The van der Waals surface area contributed by atoms with Gasteiger partial charge in [0.1, 0.15) is 5.56 Å².